The van der Waals surface area contributed by atoms with E-state index in [1.165, 1.54) is 4.31 Å². The predicted molar refractivity (Wildman–Crippen MR) is 96.2 cm³/mol. The second-order valence-corrected chi connectivity index (χ2v) is 8.97. The van der Waals surface area contributed by atoms with Gasteiger partial charge in [-0.15, -0.1) is 0 Å². The molecule has 0 radical (unpaired) electrons. The minimum Gasteiger partial charge on any atom is -0.381 e. The molecule has 8 nitrogen and oxygen atoms in total. The number of carbonyl (C=O) groups excluding carboxylic acids is 1. The van der Waals surface area contributed by atoms with Crippen molar-refractivity contribution >= 4 is 15.9 Å². The first kappa shape index (κ1) is 19.3. The summed E-state index contributed by atoms with van der Waals surface area (Å²) in [5, 5.41) is 4.23. The molecule has 0 unspecified atom stereocenters. The molecule has 0 N–H and O–H groups in total. The van der Waals surface area contributed by atoms with Crippen molar-refractivity contribution < 1.29 is 17.9 Å². The number of aryl methyl sites for hydroxylation is 2. The summed E-state index contributed by atoms with van der Waals surface area (Å²) in [5.74, 6) is 0.149. The number of hydrogen-bond acceptors (Lipinski definition) is 5. The molecule has 0 bridgehead atoms. The van der Waals surface area contributed by atoms with Crippen LogP contribution in [-0.4, -0.2) is 72.7 Å². The number of nitrogens with zero attached hydrogens (tertiary/aromatic N) is 4. The third kappa shape index (κ3) is 3.65. The number of hydrogen-bond donors (Lipinski definition) is 0. The predicted octanol–water partition coefficient (Wildman–Crippen LogP) is 0.687. The highest BCUT2D eigenvalue weighted by Gasteiger charge is 2.34. The van der Waals surface area contributed by atoms with Gasteiger partial charge in [0.25, 0.3) is 0 Å². The van der Waals surface area contributed by atoms with Crippen molar-refractivity contribution in [1.82, 2.24) is 19.0 Å². The van der Waals surface area contributed by atoms with Crippen LogP contribution < -0.4 is 0 Å². The Labute approximate surface area is 155 Å². The molecule has 0 aromatic carbocycles. The van der Waals surface area contributed by atoms with Crippen LogP contribution in [0.3, 0.4) is 0 Å². The van der Waals surface area contributed by atoms with Crippen molar-refractivity contribution in [3.8, 4) is 0 Å². The zero-order chi connectivity index (χ0) is 18.9. The van der Waals surface area contributed by atoms with E-state index in [9.17, 15) is 13.2 Å². The Morgan fingerprint density at radius 2 is 1.81 bits per heavy atom. The fourth-order valence-electron chi connectivity index (χ4n) is 3.81. The normalized spacial score (nSPS) is 21.0. The van der Waals surface area contributed by atoms with Crippen molar-refractivity contribution in [2.75, 3.05) is 39.4 Å². The Kier molecular flexibility index (Phi) is 5.69. The Morgan fingerprint density at radius 3 is 2.42 bits per heavy atom. The van der Waals surface area contributed by atoms with Crippen molar-refractivity contribution in [1.29, 1.82) is 0 Å². The molecule has 2 saturated heterocycles. The molecule has 1 aromatic heterocycles. The van der Waals surface area contributed by atoms with E-state index in [-0.39, 0.29) is 11.8 Å². The average Bonchev–Trinajstić information content (AvgIpc) is 2.81. The van der Waals surface area contributed by atoms with Gasteiger partial charge in [-0.2, -0.15) is 9.40 Å². The number of rotatable bonds is 3. The minimum atomic E-state index is -3.61. The molecule has 26 heavy (non-hydrogen) atoms. The van der Waals surface area contributed by atoms with Crippen LogP contribution in [0.15, 0.2) is 4.90 Å². The van der Waals surface area contributed by atoms with Gasteiger partial charge in [0.2, 0.25) is 15.9 Å². The lowest BCUT2D eigenvalue weighted by atomic mass is 9.98. The first-order valence-corrected chi connectivity index (χ1v) is 10.6. The highest BCUT2D eigenvalue weighted by molar-refractivity contribution is 7.89. The van der Waals surface area contributed by atoms with Crippen LogP contribution in [0.1, 0.15) is 30.7 Å². The van der Waals surface area contributed by atoms with E-state index < -0.39 is 10.0 Å². The lowest BCUT2D eigenvalue weighted by Gasteiger charge is -2.28. The van der Waals surface area contributed by atoms with Crippen molar-refractivity contribution in [2.24, 2.45) is 13.0 Å². The van der Waals surface area contributed by atoms with E-state index in [2.05, 4.69) is 5.10 Å². The molecule has 1 aromatic rings. The molecule has 0 spiro atoms. The molecule has 3 heterocycles. The van der Waals surface area contributed by atoms with Crippen molar-refractivity contribution in [3.05, 3.63) is 11.4 Å². The lowest BCUT2D eigenvalue weighted by molar-refractivity contribution is -0.138. The number of amides is 1. The van der Waals surface area contributed by atoms with Gasteiger partial charge in [0, 0.05) is 52.4 Å². The third-order valence-electron chi connectivity index (χ3n) is 5.38. The molecule has 2 aliphatic rings. The molecular weight excluding hydrogens is 356 g/mol. The van der Waals surface area contributed by atoms with Crippen LogP contribution in [0.4, 0.5) is 0 Å². The van der Waals surface area contributed by atoms with E-state index in [1.807, 2.05) is 4.90 Å². The van der Waals surface area contributed by atoms with Crippen LogP contribution in [0.25, 0.3) is 0 Å². The summed E-state index contributed by atoms with van der Waals surface area (Å²) in [6.45, 7) is 6.54. The molecule has 3 rings (SSSR count). The van der Waals surface area contributed by atoms with Crippen LogP contribution >= 0.6 is 0 Å². The monoisotopic (exact) mass is 384 g/mol. The SMILES string of the molecule is Cc1nn(C)c(C)c1S(=O)(=O)N1CCCN(C(=O)C2CCOCC2)CC1. The molecule has 1 amide bonds. The largest absolute Gasteiger partial charge is 0.381 e. The smallest absolute Gasteiger partial charge is 0.246 e. The summed E-state index contributed by atoms with van der Waals surface area (Å²) in [6, 6.07) is 0. The fraction of sp³-hybridized carbons (Fsp3) is 0.765. The topological polar surface area (TPSA) is 84.7 Å². The van der Waals surface area contributed by atoms with E-state index in [4.69, 9.17) is 4.74 Å². The summed E-state index contributed by atoms with van der Waals surface area (Å²) >= 11 is 0. The maximum Gasteiger partial charge on any atom is 0.246 e. The first-order valence-electron chi connectivity index (χ1n) is 9.19. The summed E-state index contributed by atoms with van der Waals surface area (Å²) in [5.41, 5.74) is 1.16. The Bertz CT molecular complexity index is 768. The van der Waals surface area contributed by atoms with E-state index in [0.717, 1.165) is 12.8 Å². The Hall–Kier alpha value is -1.45. The number of ether oxygens (including phenoxy) is 1. The van der Waals surface area contributed by atoms with Crippen LogP contribution in [-0.2, 0) is 26.6 Å². The summed E-state index contributed by atoms with van der Waals surface area (Å²) in [6.07, 6.45) is 2.16. The quantitative estimate of drug-likeness (QED) is 0.765. The summed E-state index contributed by atoms with van der Waals surface area (Å²) in [7, 11) is -1.86. The Morgan fingerprint density at radius 1 is 1.12 bits per heavy atom. The van der Waals surface area contributed by atoms with Gasteiger partial charge in [0.1, 0.15) is 4.90 Å². The maximum atomic E-state index is 13.1. The number of aromatic nitrogens is 2. The van der Waals surface area contributed by atoms with Gasteiger partial charge in [-0.1, -0.05) is 0 Å². The van der Waals surface area contributed by atoms with Gasteiger partial charge in [0.05, 0.1) is 11.4 Å². The van der Waals surface area contributed by atoms with Crippen LogP contribution in [0.5, 0.6) is 0 Å². The Balaban J connectivity index is 1.72. The third-order valence-corrected chi connectivity index (χ3v) is 7.53. The molecule has 146 valence electrons. The van der Waals surface area contributed by atoms with Gasteiger partial charge in [-0.05, 0) is 33.1 Å². The van der Waals surface area contributed by atoms with Gasteiger partial charge in [0.15, 0.2) is 0 Å². The number of sulfonamides is 1. The molecule has 2 aliphatic heterocycles. The highest BCUT2D eigenvalue weighted by Crippen LogP contribution is 2.25. The van der Waals surface area contributed by atoms with Gasteiger partial charge >= 0.3 is 0 Å². The molecule has 0 saturated carbocycles. The summed E-state index contributed by atoms with van der Waals surface area (Å²) in [4.78, 5) is 14.9. The van der Waals surface area contributed by atoms with Crippen LogP contribution in [0, 0.1) is 19.8 Å². The molecular formula is C17H28N4O4S. The van der Waals surface area contributed by atoms with E-state index in [1.54, 1.807) is 25.6 Å². The number of carbonyl (C=O) groups is 1. The standard InChI is InChI=1S/C17H28N4O4S/c1-13-16(14(2)19(3)18-13)26(23,24)21-8-4-7-20(9-10-21)17(22)15-5-11-25-12-6-15/h15H,4-12H2,1-3H3. The van der Waals surface area contributed by atoms with Gasteiger partial charge < -0.3 is 9.64 Å². The van der Waals surface area contributed by atoms with Gasteiger partial charge in [-0.3, -0.25) is 9.48 Å². The first-order chi connectivity index (χ1) is 12.3. The van der Waals surface area contributed by atoms with E-state index in [0.29, 0.717) is 62.1 Å². The highest BCUT2D eigenvalue weighted by atomic mass is 32.2. The molecule has 9 heteroatoms. The van der Waals surface area contributed by atoms with Gasteiger partial charge in [-0.25, -0.2) is 8.42 Å². The average molecular weight is 385 g/mol. The lowest BCUT2D eigenvalue weighted by Crippen LogP contribution is -2.41. The van der Waals surface area contributed by atoms with E-state index >= 15 is 0 Å². The summed E-state index contributed by atoms with van der Waals surface area (Å²) < 4.78 is 34.7. The zero-order valence-corrected chi connectivity index (χ0v) is 16.6. The van der Waals surface area contributed by atoms with Crippen molar-refractivity contribution in [3.63, 3.8) is 0 Å². The zero-order valence-electron chi connectivity index (χ0n) is 15.8. The molecule has 0 aliphatic carbocycles. The minimum absolute atomic E-state index is 0.00900. The second-order valence-electron chi connectivity index (χ2n) is 7.09. The molecule has 0 atom stereocenters. The molecule has 2 fully saturated rings. The maximum absolute atomic E-state index is 13.1. The second kappa shape index (κ2) is 7.66. The van der Waals surface area contributed by atoms with Crippen LogP contribution in [0.2, 0.25) is 0 Å². The fourth-order valence-corrected chi connectivity index (χ4v) is 5.68. The van der Waals surface area contributed by atoms with Crippen molar-refractivity contribution in [2.45, 2.75) is 38.0 Å².